The zero-order chi connectivity index (χ0) is 21.9. The van der Waals surface area contributed by atoms with E-state index in [1.165, 1.54) is 44.2 Å². The molecule has 0 atom stereocenters. The highest BCUT2D eigenvalue weighted by Crippen LogP contribution is 2.34. The third-order valence-electron chi connectivity index (χ3n) is 6.01. The van der Waals surface area contributed by atoms with E-state index in [1.807, 2.05) is 7.05 Å². The molecule has 1 nitrogen and oxygen atoms in total. The first kappa shape index (κ1) is 19.8. The molecular weight excluding hydrogens is 386 g/mol. The van der Waals surface area contributed by atoms with Gasteiger partial charge in [-0.25, -0.2) is 0 Å². The van der Waals surface area contributed by atoms with E-state index in [4.69, 9.17) is 0 Å². The fourth-order valence-corrected chi connectivity index (χ4v) is 4.23. The Morgan fingerprint density at radius 1 is 0.562 bits per heavy atom. The maximum atomic E-state index is 4.12. The molecule has 154 valence electrons. The van der Waals surface area contributed by atoms with Gasteiger partial charge in [0.25, 0.3) is 0 Å². The van der Waals surface area contributed by atoms with Crippen LogP contribution < -0.4 is 5.32 Å². The summed E-state index contributed by atoms with van der Waals surface area (Å²) in [4.78, 5) is 0. The van der Waals surface area contributed by atoms with Crippen LogP contribution in [0.25, 0.3) is 49.9 Å². The highest BCUT2D eigenvalue weighted by atomic mass is 14.8. The molecule has 0 saturated carbocycles. The van der Waals surface area contributed by atoms with Gasteiger partial charge >= 0.3 is 0 Å². The molecular formula is C31H25N. The number of rotatable bonds is 5. The Kier molecular flexibility index (Phi) is 5.31. The van der Waals surface area contributed by atoms with Crippen molar-refractivity contribution >= 4 is 16.5 Å². The minimum absolute atomic E-state index is 0.922. The summed E-state index contributed by atoms with van der Waals surface area (Å²) < 4.78 is 0. The number of nitrogens with one attached hydrogen (secondary N) is 1. The van der Waals surface area contributed by atoms with Gasteiger partial charge in [0.1, 0.15) is 0 Å². The molecule has 0 aliphatic rings. The summed E-state index contributed by atoms with van der Waals surface area (Å²) in [6.07, 6.45) is 0. The molecule has 0 spiro atoms. The topological polar surface area (TPSA) is 12.0 Å². The standard InChI is InChI=1S/C31H25N/c1-22(32-2)25-12-6-15-29(19-25)30-16-8-11-24-17-18-28(21-31(24)30)27-14-7-13-26(20-27)23-9-4-3-5-10-23/h3-21,32H,1H2,2H3. The Labute approximate surface area is 189 Å². The van der Waals surface area contributed by atoms with Gasteiger partial charge in [0.05, 0.1) is 0 Å². The van der Waals surface area contributed by atoms with Crippen molar-refractivity contribution in [3.63, 3.8) is 0 Å². The Balaban J connectivity index is 1.62. The quantitative estimate of drug-likeness (QED) is 0.309. The smallest absolute Gasteiger partial charge is 0.0338 e. The minimum atomic E-state index is 0.922. The van der Waals surface area contributed by atoms with Crippen LogP contribution in [0.1, 0.15) is 5.56 Å². The summed E-state index contributed by atoms with van der Waals surface area (Å²) in [7, 11) is 1.91. The maximum absolute atomic E-state index is 4.12. The second kappa shape index (κ2) is 8.56. The van der Waals surface area contributed by atoms with E-state index in [0.717, 1.165) is 11.3 Å². The lowest BCUT2D eigenvalue weighted by Gasteiger charge is -2.12. The van der Waals surface area contributed by atoms with E-state index in [2.05, 4.69) is 127 Å². The van der Waals surface area contributed by atoms with Gasteiger partial charge in [-0.2, -0.15) is 0 Å². The molecule has 5 aromatic carbocycles. The Morgan fingerprint density at radius 3 is 2.03 bits per heavy atom. The van der Waals surface area contributed by atoms with Gasteiger partial charge in [-0.1, -0.05) is 104 Å². The average molecular weight is 412 g/mol. The van der Waals surface area contributed by atoms with Gasteiger partial charge in [-0.15, -0.1) is 0 Å². The number of fused-ring (bicyclic) bond motifs is 1. The number of hydrogen-bond acceptors (Lipinski definition) is 1. The highest BCUT2D eigenvalue weighted by molar-refractivity contribution is 5.99. The first-order chi connectivity index (χ1) is 15.7. The second-order valence-electron chi connectivity index (χ2n) is 8.00. The minimum Gasteiger partial charge on any atom is -0.388 e. The monoisotopic (exact) mass is 411 g/mol. The van der Waals surface area contributed by atoms with Crippen molar-refractivity contribution < 1.29 is 0 Å². The zero-order valence-corrected chi connectivity index (χ0v) is 18.2. The van der Waals surface area contributed by atoms with E-state index in [1.54, 1.807) is 0 Å². The van der Waals surface area contributed by atoms with Gasteiger partial charge in [-0.05, 0) is 67.9 Å². The highest BCUT2D eigenvalue weighted by Gasteiger charge is 2.08. The molecule has 0 bridgehead atoms. The molecule has 5 aromatic rings. The van der Waals surface area contributed by atoms with Gasteiger partial charge < -0.3 is 5.32 Å². The summed E-state index contributed by atoms with van der Waals surface area (Å²) in [5.74, 6) is 0. The molecule has 0 aromatic heterocycles. The van der Waals surface area contributed by atoms with Crippen LogP contribution in [0, 0.1) is 0 Å². The van der Waals surface area contributed by atoms with E-state index >= 15 is 0 Å². The molecule has 0 aliphatic carbocycles. The molecule has 1 N–H and O–H groups in total. The Hall–Kier alpha value is -4.10. The first-order valence-electron chi connectivity index (χ1n) is 10.9. The molecule has 0 amide bonds. The molecule has 0 aliphatic heterocycles. The first-order valence-corrected chi connectivity index (χ1v) is 10.9. The fraction of sp³-hybridized carbons (Fsp3) is 0.0323. The van der Waals surface area contributed by atoms with Gasteiger partial charge in [0, 0.05) is 12.7 Å². The van der Waals surface area contributed by atoms with Crippen LogP contribution in [0.2, 0.25) is 0 Å². The van der Waals surface area contributed by atoms with Gasteiger partial charge in [0.2, 0.25) is 0 Å². The third kappa shape index (κ3) is 3.81. The van der Waals surface area contributed by atoms with Gasteiger partial charge in [-0.3, -0.25) is 0 Å². The van der Waals surface area contributed by atoms with Crippen LogP contribution in [-0.2, 0) is 0 Å². The Bertz CT molecular complexity index is 1410. The summed E-state index contributed by atoms with van der Waals surface area (Å²) in [5.41, 5.74) is 9.36. The van der Waals surface area contributed by atoms with E-state index in [9.17, 15) is 0 Å². The van der Waals surface area contributed by atoms with Crippen molar-refractivity contribution in [2.24, 2.45) is 0 Å². The molecule has 5 rings (SSSR count). The molecule has 0 unspecified atom stereocenters. The van der Waals surface area contributed by atoms with Crippen LogP contribution in [0.4, 0.5) is 0 Å². The summed E-state index contributed by atoms with van der Waals surface area (Å²) in [6.45, 7) is 4.12. The molecule has 0 heterocycles. The van der Waals surface area contributed by atoms with E-state index < -0.39 is 0 Å². The van der Waals surface area contributed by atoms with Crippen LogP contribution in [0.5, 0.6) is 0 Å². The van der Waals surface area contributed by atoms with Crippen molar-refractivity contribution in [3.05, 3.63) is 127 Å². The lowest BCUT2D eigenvalue weighted by atomic mass is 9.93. The van der Waals surface area contributed by atoms with Crippen molar-refractivity contribution in [1.29, 1.82) is 0 Å². The largest absolute Gasteiger partial charge is 0.388 e. The molecule has 1 heteroatoms. The van der Waals surface area contributed by atoms with Crippen LogP contribution in [-0.4, -0.2) is 7.05 Å². The average Bonchev–Trinajstić information content (AvgIpc) is 2.88. The predicted octanol–water partition coefficient (Wildman–Crippen LogP) is 8.03. The lowest BCUT2D eigenvalue weighted by molar-refractivity contribution is 1.13. The van der Waals surface area contributed by atoms with Gasteiger partial charge in [0.15, 0.2) is 0 Å². The van der Waals surface area contributed by atoms with Crippen LogP contribution in [0.15, 0.2) is 122 Å². The third-order valence-corrected chi connectivity index (χ3v) is 6.01. The molecule has 32 heavy (non-hydrogen) atoms. The maximum Gasteiger partial charge on any atom is 0.0338 e. The van der Waals surface area contributed by atoms with Crippen LogP contribution in [0.3, 0.4) is 0 Å². The van der Waals surface area contributed by atoms with Crippen molar-refractivity contribution in [2.45, 2.75) is 0 Å². The molecule has 0 saturated heterocycles. The second-order valence-corrected chi connectivity index (χ2v) is 8.00. The normalized spacial score (nSPS) is 10.8. The summed E-state index contributed by atoms with van der Waals surface area (Å²) in [5, 5.41) is 5.64. The predicted molar refractivity (Wildman–Crippen MR) is 138 cm³/mol. The van der Waals surface area contributed by atoms with Crippen molar-refractivity contribution in [2.75, 3.05) is 7.05 Å². The van der Waals surface area contributed by atoms with Crippen LogP contribution >= 0.6 is 0 Å². The SMILES string of the molecule is C=C(NC)c1cccc(-c2cccc3ccc(-c4cccc(-c5ccccc5)c4)cc23)c1. The van der Waals surface area contributed by atoms with E-state index in [0.29, 0.717) is 0 Å². The Morgan fingerprint density at radius 2 is 1.22 bits per heavy atom. The lowest BCUT2D eigenvalue weighted by Crippen LogP contribution is -2.02. The molecule has 0 radical (unpaired) electrons. The summed E-state index contributed by atoms with van der Waals surface area (Å²) >= 11 is 0. The fourth-order valence-electron chi connectivity index (χ4n) is 4.23. The van der Waals surface area contributed by atoms with E-state index in [-0.39, 0.29) is 0 Å². The van der Waals surface area contributed by atoms with Crippen molar-refractivity contribution in [1.82, 2.24) is 5.32 Å². The summed E-state index contributed by atoms with van der Waals surface area (Å²) in [6, 6.07) is 41.1. The zero-order valence-electron chi connectivity index (χ0n) is 18.2. The number of hydrogen-bond donors (Lipinski definition) is 1. The number of benzene rings is 5. The van der Waals surface area contributed by atoms with Crippen molar-refractivity contribution in [3.8, 4) is 33.4 Å². The molecule has 0 fully saturated rings.